The van der Waals surface area contributed by atoms with Crippen molar-refractivity contribution < 1.29 is 18.3 Å². The van der Waals surface area contributed by atoms with Crippen LogP contribution in [0.25, 0.3) is 0 Å². The molecule has 2 aromatic carbocycles. The van der Waals surface area contributed by atoms with Crippen LogP contribution in [0.15, 0.2) is 66.9 Å². The van der Waals surface area contributed by atoms with Gasteiger partial charge in [0.05, 0.1) is 0 Å². The van der Waals surface area contributed by atoms with Gasteiger partial charge in [-0.25, -0.2) is 0 Å². The normalized spacial score (nSPS) is 10.8. The van der Waals surface area contributed by atoms with E-state index in [2.05, 4.69) is 5.10 Å². The SMILES string of the molecule is CN(Cc1ccc(Oc2ccccc2)cc1)C(=O)c1ccnn1C(F)F. The summed E-state index contributed by atoms with van der Waals surface area (Å²) in [4.78, 5) is 13.7. The molecule has 7 heteroatoms. The predicted octanol–water partition coefficient (Wildman–Crippen LogP) is 4.34. The minimum Gasteiger partial charge on any atom is -0.457 e. The van der Waals surface area contributed by atoms with Crippen LogP contribution in [0.4, 0.5) is 8.78 Å². The molecule has 0 fully saturated rings. The second kappa shape index (κ2) is 7.77. The van der Waals surface area contributed by atoms with Gasteiger partial charge in [-0.05, 0) is 35.9 Å². The largest absolute Gasteiger partial charge is 0.457 e. The number of halogens is 2. The zero-order valence-electron chi connectivity index (χ0n) is 14.0. The van der Waals surface area contributed by atoms with Gasteiger partial charge in [0.15, 0.2) is 0 Å². The lowest BCUT2D eigenvalue weighted by Crippen LogP contribution is -2.28. The fourth-order valence-corrected chi connectivity index (χ4v) is 2.47. The van der Waals surface area contributed by atoms with Crippen molar-refractivity contribution in [3.63, 3.8) is 0 Å². The van der Waals surface area contributed by atoms with Crippen LogP contribution < -0.4 is 4.74 Å². The van der Waals surface area contributed by atoms with Crippen molar-refractivity contribution >= 4 is 5.91 Å². The van der Waals surface area contributed by atoms with Crippen molar-refractivity contribution in [1.29, 1.82) is 0 Å². The fourth-order valence-electron chi connectivity index (χ4n) is 2.47. The summed E-state index contributed by atoms with van der Waals surface area (Å²) < 4.78 is 31.8. The highest BCUT2D eigenvalue weighted by molar-refractivity contribution is 5.92. The van der Waals surface area contributed by atoms with Crippen molar-refractivity contribution in [2.75, 3.05) is 7.05 Å². The van der Waals surface area contributed by atoms with Crippen LogP contribution in [0.5, 0.6) is 11.5 Å². The summed E-state index contributed by atoms with van der Waals surface area (Å²) in [5.74, 6) is 0.880. The number of carbonyl (C=O) groups excluding carboxylic acids is 1. The minimum atomic E-state index is -2.85. The molecule has 0 unspecified atom stereocenters. The van der Waals surface area contributed by atoms with E-state index in [1.165, 1.54) is 17.2 Å². The number of nitrogens with zero attached hydrogens (tertiary/aromatic N) is 3. The van der Waals surface area contributed by atoms with Crippen LogP contribution in [0.2, 0.25) is 0 Å². The molecular weight excluding hydrogens is 340 g/mol. The van der Waals surface area contributed by atoms with Gasteiger partial charge in [-0.15, -0.1) is 0 Å². The van der Waals surface area contributed by atoms with Crippen molar-refractivity contribution in [2.24, 2.45) is 0 Å². The fraction of sp³-hybridized carbons (Fsp3) is 0.158. The molecule has 3 rings (SSSR count). The first-order valence-corrected chi connectivity index (χ1v) is 7.93. The van der Waals surface area contributed by atoms with Gasteiger partial charge in [0.1, 0.15) is 17.2 Å². The third-order valence-corrected chi connectivity index (χ3v) is 3.74. The van der Waals surface area contributed by atoms with E-state index in [0.29, 0.717) is 10.4 Å². The monoisotopic (exact) mass is 357 g/mol. The Morgan fingerprint density at radius 3 is 2.38 bits per heavy atom. The number of aromatic nitrogens is 2. The molecule has 26 heavy (non-hydrogen) atoms. The lowest BCUT2D eigenvalue weighted by Gasteiger charge is -2.18. The molecule has 1 heterocycles. The minimum absolute atomic E-state index is 0.147. The van der Waals surface area contributed by atoms with E-state index in [4.69, 9.17) is 4.74 Å². The number of hydrogen-bond acceptors (Lipinski definition) is 3. The lowest BCUT2D eigenvalue weighted by atomic mass is 10.2. The van der Waals surface area contributed by atoms with Gasteiger partial charge >= 0.3 is 6.55 Å². The van der Waals surface area contributed by atoms with Crippen LogP contribution in [-0.2, 0) is 6.54 Å². The molecule has 134 valence electrons. The molecule has 1 amide bonds. The van der Waals surface area contributed by atoms with Crippen molar-refractivity contribution in [3.8, 4) is 11.5 Å². The molecule has 0 bridgehead atoms. The number of para-hydroxylation sites is 1. The molecular formula is C19H17F2N3O2. The smallest absolute Gasteiger partial charge is 0.333 e. The highest BCUT2D eigenvalue weighted by Gasteiger charge is 2.21. The van der Waals surface area contributed by atoms with Crippen LogP contribution in [0.1, 0.15) is 22.6 Å². The van der Waals surface area contributed by atoms with E-state index < -0.39 is 12.5 Å². The Balaban J connectivity index is 1.65. The summed E-state index contributed by atoms with van der Waals surface area (Å²) in [5.41, 5.74) is 0.705. The van der Waals surface area contributed by atoms with Crippen LogP contribution in [0, 0.1) is 0 Å². The summed E-state index contributed by atoms with van der Waals surface area (Å²) in [6.07, 6.45) is 1.18. The molecule has 0 aliphatic heterocycles. The van der Waals surface area contributed by atoms with Gasteiger partial charge in [-0.1, -0.05) is 30.3 Å². The van der Waals surface area contributed by atoms with E-state index in [1.807, 2.05) is 42.5 Å². The first kappa shape index (κ1) is 17.6. The van der Waals surface area contributed by atoms with Gasteiger partial charge in [0.2, 0.25) is 0 Å². The van der Waals surface area contributed by atoms with E-state index in [9.17, 15) is 13.6 Å². The topological polar surface area (TPSA) is 47.4 Å². The average Bonchev–Trinajstić information content (AvgIpc) is 3.13. The van der Waals surface area contributed by atoms with Gasteiger partial charge < -0.3 is 9.64 Å². The number of benzene rings is 2. The summed E-state index contributed by atoms with van der Waals surface area (Å²) in [6.45, 7) is -2.58. The Morgan fingerprint density at radius 2 is 1.73 bits per heavy atom. The van der Waals surface area contributed by atoms with Crippen LogP contribution in [-0.4, -0.2) is 27.6 Å². The van der Waals surface area contributed by atoms with Gasteiger partial charge in [-0.3, -0.25) is 4.79 Å². The first-order chi connectivity index (χ1) is 12.5. The molecule has 0 aliphatic carbocycles. The second-order valence-electron chi connectivity index (χ2n) is 5.66. The quantitative estimate of drug-likeness (QED) is 0.659. The van der Waals surface area contributed by atoms with Crippen molar-refractivity contribution in [1.82, 2.24) is 14.7 Å². The van der Waals surface area contributed by atoms with E-state index >= 15 is 0 Å². The van der Waals surface area contributed by atoms with E-state index in [1.54, 1.807) is 19.2 Å². The number of ether oxygens (including phenoxy) is 1. The Bertz CT molecular complexity index is 864. The Kier molecular flexibility index (Phi) is 5.26. The van der Waals surface area contributed by atoms with Crippen LogP contribution in [0.3, 0.4) is 0 Å². The average molecular weight is 357 g/mol. The molecule has 0 saturated heterocycles. The highest BCUT2D eigenvalue weighted by Crippen LogP contribution is 2.22. The molecule has 0 N–H and O–H groups in total. The maximum Gasteiger partial charge on any atom is 0.333 e. The molecule has 0 spiro atoms. The molecule has 0 saturated carbocycles. The molecule has 1 aromatic heterocycles. The molecule has 5 nitrogen and oxygen atoms in total. The van der Waals surface area contributed by atoms with Crippen molar-refractivity contribution in [3.05, 3.63) is 78.1 Å². The first-order valence-electron chi connectivity index (χ1n) is 7.93. The zero-order valence-corrected chi connectivity index (χ0v) is 14.0. The molecule has 3 aromatic rings. The Morgan fingerprint density at radius 1 is 1.08 bits per heavy atom. The van der Waals surface area contributed by atoms with Crippen LogP contribution >= 0.6 is 0 Å². The van der Waals surface area contributed by atoms with Crippen molar-refractivity contribution in [2.45, 2.75) is 13.1 Å². The van der Waals surface area contributed by atoms with E-state index in [0.717, 1.165) is 11.3 Å². The number of hydrogen-bond donors (Lipinski definition) is 0. The zero-order chi connectivity index (χ0) is 18.5. The third kappa shape index (κ3) is 4.05. The van der Waals surface area contributed by atoms with Gasteiger partial charge in [0, 0.05) is 19.8 Å². The standard InChI is InChI=1S/C19H17F2N3O2/c1-23(18(25)17-11-12-22-24(17)19(20)21)13-14-7-9-16(10-8-14)26-15-5-3-2-4-6-15/h2-12,19H,13H2,1H3. The summed E-state index contributed by atoms with van der Waals surface area (Å²) in [5, 5.41) is 3.48. The third-order valence-electron chi connectivity index (χ3n) is 3.74. The number of amides is 1. The van der Waals surface area contributed by atoms with Gasteiger partial charge in [0.25, 0.3) is 5.91 Å². The lowest BCUT2D eigenvalue weighted by molar-refractivity contribution is 0.0472. The van der Waals surface area contributed by atoms with E-state index in [-0.39, 0.29) is 12.2 Å². The number of carbonyl (C=O) groups is 1. The summed E-state index contributed by atoms with van der Waals surface area (Å²) in [6, 6.07) is 17.9. The summed E-state index contributed by atoms with van der Waals surface area (Å²) >= 11 is 0. The summed E-state index contributed by atoms with van der Waals surface area (Å²) in [7, 11) is 1.56. The Hall–Kier alpha value is -3.22. The highest BCUT2D eigenvalue weighted by atomic mass is 19.3. The number of rotatable bonds is 6. The molecule has 0 radical (unpaired) electrons. The maximum atomic E-state index is 12.9. The van der Waals surface area contributed by atoms with Gasteiger partial charge in [-0.2, -0.15) is 18.6 Å². The molecule has 0 atom stereocenters. The number of alkyl halides is 2. The maximum absolute atomic E-state index is 12.9. The second-order valence-corrected chi connectivity index (χ2v) is 5.66. The Labute approximate surface area is 149 Å². The molecule has 0 aliphatic rings. The predicted molar refractivity (Wildman–Crippen MR) is 92.2 cm³/mol.